The zero-order valence-corrected chi connectivity index (χ0v) is 11.6. The smallest absolute Gasteiger partial charge is 0.134 e. The van der Waals surface area contributed by atoms with Crippen molar-refractivity contribution in [3.8, 4) is 11.5 Å². The number of halogens is 2. The third-order valence-electron chi connectivity index (χ3n) is 2.36. The number of aromatic nitrogens is 1. The highest BCUT2D eigenvalue weighted by Gasteiger charge is 2.06. The first-order chi connectivity index (χ1) is 8.20. The molecule has 0 aliphatic rings. The highest BCUT2D eigenvalue weighted by molar-refractivity contribution is 9.10. The third kappa shape index (κ3) is 2.99. The Morgan fingerprint density at radius 3 is 2.82 bits per heavy atom. The van der Waals surface area contributed by atoms with E-state index < -0.39 is 0 Å². The van der Waals surface area contributed by atoms with E-state index >= 15 is 0 Å². The molecule has 0 aliphatic carbocycles. The topological polar surface area (TPSA) is 22.1 Å². The van der Waals surface area contributed by atoms with Crippen LogP contribution in [-0.2, 0) is 5.88 Å². The number of pyridine rings is 1. The number of benzene rings is 1. The molecule has 1 heterocycles. The van der Waals surface area contributed by atoms with Gasteiger partial charge in [0.1, 0.15) is 11.5 Å². The van der Waals surface area contributed by atoms with Crippen LogP contribution >= 0.6 is 27.5 Å². The summed E-state index contributed by atoms with van der Waals surface area (Å²) in [6.07, 6.45) is 3.41. The van der Waals surface area contributed by atoms with Gasteiger partial charge < -0.3 is 4.74 Å². The zero-order valence-electron chi connectivity index (χ0n) is 9.28. The highest BCUT2D eigenvalue weighted by atomic mass is 79.9. The van der Waals surface area contributed by atoms with Crippen LogP contribution in [0.15, 0.2) is 41.1 Å². The van der Waals surface area contributed by atoms with Crippen LogP contribution in [0.25, 0.3) is 0 Å². The first kappa shape index (κ1) is 12.4. The molecule has 0 radical (unpaired) electrons. The van der Waals surface area contributed by atoms with E-state index in [-0.39, 0.29) is 0 Å². The van der Waals surface area contributed by atoms with Crippen molar-refractivity contribution < 1.29 is 4.74 Å². The second kappa shape index (κ2) is 5.52. The van der Waals surface area contributed by atoms with Crippen LogP contribution in [0.4, 0.5) is 0 Å². The number of nitrogens with zero attached hydrogens (tertiary/aromatic N) is 1. The van der Waals surface area contributed by atoms with E-state index in [0.29, 0.717) is 5.88 Å². The van der Waals surface area contributed by atoms with Crippen LogP contribution in [0.2, 0.25) is 0 Å². The molecule has 2 rings (SSSR count). The Labute approximate surface area is 114 Å². The summed E-state index contributed by atoms with van der Waals surface area (Å²) >= 11 is 9.26. The molecule has 0 saturated carbocycles. The molecule has 2 aromatic rings. The number of rotatable bonds is 3. The van der Waals surface area contributed by atoms with Crippen molar-refractivity contribution in [2.45, 2.75) is 12.8 Å². The predicted molar refractivity (Wildman–Crippen MR) is 72.7 cm³/mol. The summed E-state index contributed by atoms with van der Waals surface area (Å²) in [5, 5.41) is 0. The molecule has 0 fully saturated rings. The summed E-state index contributed by atoms with van der Waals surface area (Å²) in [6, 6.07) is 7.71. The summed E-state index contributed by atoms with van der Waals surface area (Å²) in [4.78, 5) is 4.02. The van der Waals surface area contributed by atoms with Gasteiger partial charge in [-0.15, -0.1) is 11.6 Å². The molecule has 88 valence electrons. The van der Waals surface area contributed by atoms with E-state index in [1.54, 1.807) is 12.4 Å². The average Bonchev–Trinajstić information content (AvgIpc) is 2.33. The molecule has 1 aromatic carbocycles. The molecule has 0 unspecified atom stereocenters. The van der Waals surface area contributed by atoms with Crippen molar-refractivity contribution >= 4 is 27.5 Å². The molecule has 1 aromatic heterocycles. The number of hydrogen-bond acceptors (Lipinski definition) is 2. The normalized spacial score (nSPS) is 10.3. The lowest BCUT2D eigenvalue weighted by atomic mass is 10.2. The maximum Gasteiger partial charge on any atom is 0.134 e. The minimum atomic E-state index is 0.388. The Hall–Kier alpha value is -1.06. The molecule has 2 nitrogen and oxygen atoms in total. The molecule has 0 saturated heterocycles. The molecule has 0 aliphatic heterocycles. The lowest BCUT2D eigenvalue weighted by Crippen LogP contribution is -1.92. The van der Waals surface area contributed by atoms with Crippen molar-refractivity contribution in [2.75, 3.05) is 0 Å². The highest BCUT2D eigenvalue weighted by Crippen LogP contribution is 2.29. The Morgan fingerprint density at radius 1 is 1.29 bits per heavy atom. The molecule has 0 amide bonds. The minimum absolute atomic E-state index is 0.388. The fourth-order valence-electron chi connectivity index (χ4n) is 1.46. The van der Waals surface area contributed by atoms with Crippen molar-refractivity contribution in [1.29, 1.82) is 0 Å². The summed E-state index contributed by atoms with van der Waals surface area (Å²) in [5.74, 6) is 1.96. The predicted octanol–water partition coefficient (Wildman–Crippen LogP) is 4.68. The van der Waals surface area contributed by atoms with Gasteiger partial charge in [0.15, 0.2) is 0 Å². The van der Waals surface area contributed by atoms with E-state index in [9.17, 15) is 0 Å². The summed E-state index contributed by atoms with van der Waals surface area (Å²) in [7, 11) is 0. The Morgan fingerprint density at radius 2 is 2.12 bits per heavy atom. The van der Waals surface area contributed by atoms with Gasteiger partial charge in [0, 0.05) is 22.4 Å². The number of aryl methyl sites for hydroxylation is 1. The van der Waals surface area contributed by atoms with Gasteiger partial charge in [-0.25, -0.2) is 0 Å². The van der Waals surface area contributed by atoms with Gasteiger partial charge in [-0.2, -0.15) is 0 Å². The third-order valence-corrected chi connectivity index (χ3v) is 3.14. The fourth-order valence-corrected chi connectivity index (χ4v) is 2.14. The van der Waals surface area contributed by atoms with Gasteiger partial charge in [0.2, 0.25) is 0 Å². The van der Waals surface area contributed by atoms with E-state index in [4.69, 9.17) is 16.3 Å². The molecule has 17 heavy (non-hydrogen) atoms. The SMILES string of the molecule is Cc1cc(Br)ccc1Oc1ccncc1CCl. The van der Waals surface area contributed by atoms with Gasteiger partial charge in [-0.05, 0) is 36.8 Å². The minimum Gasteiger partial charge on any atom is -0.457 e. The van der Waals surface area contributed by atoms with Crippen LogP contribution < -0.4 is 4.74 Å². The maximum atomic E-state index is 5.84. The van der Waals surface area contributed by atoms with E-state index in [1.165, 1.54) is 0 Å². The Kier molecular flexibility index (Phi) is 4.02. The van der Waals surface area contributed by atoms with Gasteiger partial charge in [-0.3, -0.25) is 4.98 Å². The standard InChI is InChI=1S/C13H11BrClNO/c1-9-6-11(14)2-3-12(9)17-13-4-5-16-8-10(13)7-15/h2-6,8H,7H2,1H3. The quantitative estimate of drug-likeness (QED) is 0.767. The molecule has 4 heteroatoms. The van der Waals surface area contributed by atoms with Crippen LogP contribution in [0.5, 0.6) is 11.5 Å². The molecule has 0 bridgehead atoms. The average molecular weight is 313 g/mol. The van der Waals surface area contributed by atoms with Crippen molar-refractivity contribution in [2.24, 2.45) is 0 Å². The van der Waals surface area contributed by atoms with Gasteiger partial charge in [0.25, 0.3) is 0 Å². The largest absolute Gasteiger partial charge is 0.457 e. The van der Waals surface area contributed by atoms with E-state index in [0.717, 1.165) is 27.1 Å². The Bertz CT molecular complexity index is 531. The van der Waals surface area contributed by atoms with Crippen molar-refractivity contribution in [3.63, 3.8) is 0 Å². The number of ether oxygens (including phenoxy) is 1. The van der Waals surface area contributed by atoms with Crippen molar-refractivity contribution in [3.05, 3.63) is 52.3 Å². The summed E-state index contributed by atoms with van der Waals surface area (Å²) in [5.41, 5.74) is 1.95. The first-order valence-corrected chi connectivity index (χ1v) is 6.46. The van der Waals surface area contributed by atoms with Gasteiger partial charge >= 0.3 is 0 Å². The van der Waals surface area contributed by atoms with E-state index in [1.807, 2.05) is 31.2 Å². The van der Waals surface area contributed by atoms with Gasteiger partial charge in [-0.1, -0.05) is 15.9 Å². The van der Waals surface area contributed by atoms with Gasteiger partial charge in [0.05, 0.1) is 5.88 Å². The molecule has 0 atom stereocenters. The number of alkyl halides is 1. The van der Waals surface area contributed by atoms with Crippen LogP contribution in [0.1, 0.15) is 11.1 Å². The Balaban J connectivity index is 2.31. The number of hydrogen-bond donors (Lipinski definition) is 0. The molecular formula is C13H11BrClNO. The molecular weight excluding hydrogens is 302 g/mol. The van der Waals surface area contributed by atoms with E-state index in [2.05, 4.69) is 20.9 Å². The summed E-state index contributed by atoms with van der Waals surface area (Å²) in [6.45, 7) is 2.00. The monoisotopic (exact) mass is 311 g/mol. The second-order valence-corrected chi connectivity index (χ2v) is 4.81. The van der Waals surface area contributed by atoms with Crippen LogP contribution in [-0.4, -0.2) is 4.98 Å². The lowest BCUT2D eigenvalue weighted by molar-refractivity contribution is 0.473. The summed E-state index contributed by atoms with van der Waals surface area (Å²) < 4.78 is 6.88. The lowest BCUT2D eigenvalue weighted by Gasteiger charge is -2.11. The van der Waals surface area contributed by atoms with Crippen LogP contribution in [0.3, 0.4) is 0 Å². The second-order valence-electron chi connectivity index (χ2n) is 3.63. The molecule has 0 spiro atoms. The molecule has 0 N–H and O–H groups in total. The maximum absolute atomic E-state index is 5.84. The fraction of sp³-hybridized carbons (Fsp3) is 0.154. The van der Waals surface area contributed by atoms with Crippen molar-refractivity contribution in [1.82, 2.24) is 4.98 Å². The van der Waals surface area contributed by atoms with Crippen LogP contribution in [0, 0.1) is 6.92 Å². The zero-order chi connectivity index (χ0) is 12.3. The first-order valence-electron chi connectivity index (χ1n) is 5.13.